The van der Waals surface area contributed by atoms with E-state index in [0.717, 1.165) is 16.9 Å². The Bertz CT molecular complexity index is 1340. The van der Waals surface area contributed by atoms with E-state index in [1.807, 2.05) is 0 Å². The van der Waals surface area contributed by atoms with Crippen molar-refractivity contribution in [2.45, 2.75) is 12.7 Å². The minimum atomic E-state index is -4.63. The highest BCUT2D eigenvalue weighted by molar-refractivity contribution is 5.94. The van der Waals surface area contributed by atoms with Crippen molar-refractivity contribution in [1.29, 1.82) is 0 Å². The number of carbonyl (C=O) groups is 1. The van der Waals surface area contributed by atoms with Crippen molar-refractivity contribution in [2.24, 2.45) is 0 Å². The number of halogens is 3. The van der Waals surface area contributed by atoms with Crippen molar-refractivity contribution in [3.8, 4) is 11.4 Å². The van der Waals surface area contributed by atoms with E-state index < -0.39 is 29.1 Å². The number of para-hydroxylation sites is 1. The number of nitrogens with zero attached hydrogens (tertiary/aromatic N) is 2. The van der Waals surface area contributed by atoms with E-state index in [1.54, 1.807) is 18.2 Å². The molecular weight excluding hydrogens is 413 g/mol. The van der Waals surface area contributed by atoms with Crippen LogP contribution in [0.1, 0.15) is 21.6 Å². The first-order valence-corrected chi connectivity index (χ1v) is 9.08. The summed E-state index contributed by atoms with van der Waals surface area (Å²) in [5, 5.41) is 16.9. The number of H-pyrrole nitrogens is 1. The summed E-state index contributed by atoms with van der Waals surface area (Å²) in [4.78, 5) is 27.2. The third-order valence-electron chi connectivity index (χ3n) is 4.64. The lowest BCUT2D eigenvalue weighted by Crippen LogP contribution is -2.23. The highest BCUT2D eigenvalue weighted by Gasteiger charge is 2.34. The van der Waals surface area contributed by atoms with Crippen LogP contribution >= 0.6 is 0 Å². The minimum absolute atomic E-state index is 0.0527. The number of aromatic hydroxyl groups is 1. The molecule has 4 rings (SSSR count). The van der Waals surface area contributed by atoms with E-state index in [-0.39, 0.29) is 17.7 Å². The Morgan fingerprint density at radius 3 is 2.71 bits per heavy atom. The number of pyridine rings is 1. The molecule has 158 valence electrons. The largest absolute Gasteiger partial charge is 0.504 e. The second-order valence-electron chi connectivity index (χ2n) is 6.73. The van der Waals surface area contributed by atoms with Crippen molar-refractivity contribution >= 4 is 16.8 Å². The summed E-state index contributed by atoms with van der Waals surface area (Å²) < 4.78 is 40.5. The molecule has 7 nitrogen and oxygen atoms in total. The fourth-order valence-electron chi connectivity index (χ4n) is 3.16. The second-order valence-corrected chi connectivity index (χ2v) is 6.73. The number of fused-ring (bicyclic) bond motifs is 1. The van der Waals surface area contributed by atoms with Gasteiger partial charge in [-0.15, -0.1) is 0 Å². The molecule has 2 aromatic heterocycles. The van der Waals surface area contributed by atoms with Crippen LogP contribution in [0.25, 0.3) is 16.6 Å². The van der Waals surface area contributed by atoms with Crippen LogP contribution in [-0.4, -0.2) is 25.8 Å². The SMILES string of the molecule is O=C(NCc1ccc2c(=O)cc[nH]c2c1)c1nn(-c2ccccc2C(F)(F)F)cc1O. The van der Waals surface area contributed by atoms with Gasteiger partial charge < -0.3 is 15.4 Å². The summed E-state index contributed by atoms with van der Waals surface area (Å²) in [6.07, 6.45) is -2.17. The molecule has 4 aromatic rings. The van der Waals surface area contributed by atoms with Crippen LogP contribution in [0.3, 0.4) is 0 Å². The number of aromatic amines is 1. The molecule has 31 heavy (non-hydrogen) atoms. The lowest BCUT2D eigenvalue weighted by atomic mass is 10.1. The maximum atomic E-state index is 13.2. The van der Waals surface area contributed by atoms with Gasteiger partial charge in [0, 0.05) is 29.7 Å². The van der Waals surface area contributed by atoms with Crippen LogP contribution in [-0.2, 0) is 12.7 Å². The summed E-state index contributed by atoms with van der Waals surface area (Å²) in [6.45, 7) is 0.0527. The Labute approximate surface area is 172 Å². The average molecular weight is 428 g/mol. The molecule has 0 bridgehead atoms. The van der Waals surface area contributed by atoms with Gasteiger partial charge in [-0.3, -0.25) is 9.59 Å². The quantitative estimate of drug-likeness (QED) is 0.464. The van der Waals surface area contributed by atoms with Gasteiger partial charge in [0.25, 0.3) is 5.91 Å². The van der Waals surface area contributed by atoms with Crippen molar-refractivity contribution in [3.63, 3.8) is 0 Å². The molecule has 0 radical (unpaired) electrons. The minimum Gasteiger partial charge on any atom is -0.504 e. The monoisotopic (exact) mass is 428 g/mol. The lowest BCUT2D eigenvalue weighted by molar-refractivity contribution is -0.137. The average Bonchev–Trinajstić information content (AvgIpc) is 3.13. The normalized spacial score (nSPS) is 11.6. The van der Waals surface area contributed by atoms with Gasteiger partial charge in [0.15, 0.2) is 16.9 Å². The third kappa shape index (κ3) is 4.00. The van der Waals surface area contributed by atoms with E-state index in [4.69, 9.17) is 0 Å². The van der Waals surface area contributed by atoms with Crippen LogP contribution in [0.15, 0.2) is 65.7 Å². The van der Waals surface area contributed by atoms with Crippen LogP contribution < -0.4 is 10.7 Å². The Hall–Kier alpha value is -4.08. The highest BCUT2D eigenvalue weighted by Crippen LogP contribution is 2.34. The van der Waals surface area contributed by atoms with E-state index in [0.29, 0.717) is 16.5 Å². The number of rotatable bonds is 4. The summed E-state index contributed by atoms with van der Waals surface area (Å²) in [6, 6.07) is 11.1. The zero-order chi connectivity index (χ0) is 22.2. The molecule has 0 fully saturated rings. The van der Waals surface area contributed by atoms with Gasteiger partial charge in [-0.1, -0.05) is 18.2 Å². The van der Waals surface area contributed by atoms with E-state index in [2.05, 4.69) is 15.4 Å². The van der Waals surface area contributed by atoms with Crippen LogP contribution in [0.2, 0.25) is 0 Å². The van der Waals surface area contributed by atoms with Crippen molar-refractivity contribution < 1.29 is 23.1 Å². The number of benzene rings is 2. The molecular formula is C21H15F3N4O3. The first-order chi connectivity index (χ1) is 14.7. The van der Waals surface area contributed by atoms with Gasteiger partial charge in [0.05, 0.1) is 17.4 Å². The number of carbonyl (C=O) groups excluding carboxylic acids is 1. The molecule has 2 aromatic carbocycles. The van der Waals surface area contributed by atoms with Crippen LogP contribution in [0, 0.1) is 0 Å². The zero-order valence-corrected chi connectivity index (χ0v) is 15.8. The summed E-state index contributed by atoms with van der Waals surface area (Å²) in [7, 11) is 0. The molecule has 0 unspecified atom stereocenters. The first-order valence-electron chi connectivity index (χ1n) is 9.08. The molecule has 0 aliphatic carbocycles. The summed E-state index contributed by atoms with van der Waals surface area (Å²) >= 11 is 0. The van der Waals surface area contributed by atoms with E-state index in [1.165, 1.54) is 30.5 Å². The second kappa shape index (κ2) is 7.63. The Morgan fingerprint density at radius 1 is 1.16 bits per heavy atom. The fraction of sp³-hybridized carbons (Fsp3) is 0.0952. The van der Waals surface area contributed by atoms with Crippen LogP contribution in [0.5, 0.6) is 5.75 Å². The number of amides is 1. The Kier molecular flexibility index (Phi) is 4.97. The first kappa shape index (κ1) is 20.2. The maximum Gasteiger partial charge on any atom is 0.418 e. The summed E-state index contributed by atoms with van der Waals surface area (Å²) in [5.74, 6) is -1.32. The van der Waals surface area contributed by atoms with Crippen molar-refractivity contribution in [2.75, 3.05) is 0 Å². The van der Waals surface area contributed by atoms with Gasteiger partial charge in [0.1, 0.15) is 0 Å². The van der Waals surface area contributed by atoms with Gasteiger partial charge in [-0.25, -0.2) is 4.68 Å². The molecule has 0 saturated heterocycles. The Morgan fingerprint density at radius 2 is 1.94 bits per heavy atom. The van der Waals surface area contributed by atoms with Crippen LogP contribution in [0.4, 0.5) is 13.2 Å². The van der Waals surface area contributed by atoms with Gasteiger partial charge in [0.2, 0.25) is 0 Å². The van der Waals surface area contributed by atoms with E-state index in [9.17, 15) is 27.9 Å². The van der Waals surface area contributed by atoms with Crippen molar-refractivity contribution in [3.05, 3.63) is 88.0 Å². The summed E-state index contributed by atoms with van der Waals surface area (Å²) in [5.41, 5.74) is -0.554. The molecule has 2 heterocycles. The number of alkyl halides is 3. The smallest absolute Gasteiger partial charge is 0.418 e. The molecule has 0 spiro atoms. The van der Waals surface area contributed by atoms with Crippen molar-refractivity contribution in [1.82, 2.24) is 20.1 Å². The van der Waals surface area contributed by atoms with Gasteiger partial charge in [-0.05, 0) is 29.8 Å². The van der Waals surface area contributed by atoms with Gasteiger partial charge >= 0.3 is 6.18 Å². The number of hydrogen-bond acceptors (Lipinski definition) is 4. The molecule has 3 N–H and O–H groups in total. The predicted molar refractivity (Wildman–Crippen MR) is 106 cm³/mol. The molecule has 10 heteroatoms. The maximum absolute atomic E-state index is 13.2. The molecule has 1 amide bonds. The fourth-order valence-corrected chi connectivity index (χ4v) is 3.16. The Balaban J connectivity index is 1.56. The lowest BCUT2D eigenvalue weighted by Gasteiger charge is -2.12. The van der Waals surface area contributed by atoms with Gasteiger partial charge in [-0.2, -0.15) is 18.3 Å². The molecule has 0 aliphatic rings. The van der Waals surface area contributed by atoms with E-state index >= 15 is 0 Å². The standard InChI is InChI=1S/C21H15F3N4O3/c22-21(23,24)14-3-1-2-4-16(14)28-11-18(30)19(27-28)20(31)26-10-12-5-6-13-15(9-12)25-8-7-17(13)29/h1-9,11,30H,10H2,(H,25,29)(H,26,31). The zero-order valence-electron chi connectivity index (χ0n) is 15.8. The predicted octanol–water partition coefficient (Wildman–Crippen LogP) is 3.37. The molecule has 0 atom stereocenters. The number of aromatic nitrogens is 3. The molecule has 0 aliphatic heterocycles. The topological polar surface area (TPSA) is 100 Å². The highest BCUT2D eigenvalue weighted by atomic mass is 19.4. The number of hydrogen-bond donors (Lipinski definition) is 3. The molecule has 0 saturated carbocycles. The number of nitrogens with one attached hydrogen (secondary N) is 2. The third-order valence-corrected chi connectivity index (χ3v) is 4.64.